The Hall–Kier alpha value is -2.49. The van der Waals surface area contributed by atoms with E-state index in [1.54, 1.807) is 0 Å². The molecule has 0 spiro atoms. The van der Waals surface area contributed by atoms with Crippen molar-refractivity contribution in [1.82, 2.24) is 25.6 Å². The Labute approximate surface area is 165 Å². The number of nitrogens with zero attached hydrogens (tertiary/aromatic N) is 5. The number of carbonyl (C=O) groups excluding carboxylic acids is 2. The molecule has 0 saturated carbocycles. The summed E-state index contributed by atoms with van der Waals surface area (Å²) in [6.45, 7) is 6.54. The lowest BCUT2D eigenvalue weighted by atomic mass is 10.0. The van der Waals surface area contributed by atoms with Crippen molar-refractivity contribution in [3.8, 4) is 0 Å². The van der Waals surface area contributed by atoms with E-state index in [9.17, 15) is 9.59 Å². The molecule has 1 aromatic rings. The van der Waals surface area contributed by atoms with Crippen LogP contribution in [0.4, 0.5) is 11.9 Å². The molecule has 10 heteroatoms. The molecule has 154 valence electrons. The summed E-state index contributed by atoms with van der Waals surface area (Å²) in [5, 5.41) is 5.68. The Morgan fingerprint density at radius 3 is 2.86 bits per heavy atom. The zero-order chi connectivity index (χ0) is 20.3. The third kappa shape index (κ3) is 4.86. The molecule has 0 radical (unpaired) electrons. The molecule has 0 bridgehead atoms. The van der Waals surface area contributed by atoms with Crippen LogP contribution in [0.15, 0.2) is 0 Å². The summed E-state index contributed by atoms with van der Waals surface area (Å²) in [6.07, 6.45) is 0.922. The minimum absolute atomic E-state index is 0.0386. The van der Waals surface area contributed by atoms with E-state index in [-0.39, 0.29) is 24.2 Å². The quantitative estimate of drug-likeness (QED) is 0.666. The van der Waals surface area contributed by atoms with Crippen LogP contribution in [-0.4, -0.2) is 79.2 Å². The molecule has 2 unspecified atom stereocenters. The monoisotopic (exact) mass is 391 g/mol. The lowest BCUT2D eigenvalue weighted by Gasteiger charge is -2.40. The molecule has 2 atom stereocenters. The second kappa shape index (κ2) is 8.26. The van der Waals surface area contributed by atoms with Gasteiger partial charge in [0.15, 0.2) is 0 Å². The average molecular weight is 391 g/mol. The van der Waals surface area contributed by atoms with Crippen LogP contribution in [0.1, 0.15) is 25.6 Å². The molecule has 1 aromatic heterocycles. The van der Waals surface area contributed by atoms with Crippen molar-refractivity contribution in [2.24, 2.45) is 5.92 Å². The van der Waals surface area contributed by atoms with Crippen LogP contribution in [0.3, 0.4) is 0 Å². The van der Waals surface area contributed by atoms with Gasteiger partial charge in [-0.2, -0.15) is 15.0 Å². The maximum absolute atomic E-state index is 12.2. The predicted molar refractivity (Wildman–Crippen MR) is 104 cm³/mol. The van der Waals surface area contributed by atoms with Crippen molar-refractivity contribution >= 4 is 23.7 Å². The Morgan fingerprint density at radius 1 is 1.39 bits per heavy atom. The summed E-state index contributed by atoms with van der Waals surface area (Å²) in [7, 11) is 3.78. The second-order valence-electron chi connectivity index (χ2n) is 7.85. The maximum Gasteiger partial charge on any atom is 0.230 e. The number of carbonyl (C=O) groups is 2. The molecule has 2 N–H and O–H groups in total. The van der Waals surface area contributed by atoms with Crippen LogP contribution in [0, 0.1) is 12.8 Å². The van der Waals surface area contributed by atoms with Gasteiger partial charge >= 0.3 is 0 Å². The molecule has 2 aliphatic heterocycles. The number of amides is 2. The van der Waals surface area contributed by atoms with Gasteiger partial charge in [-0.15, -0.1) is 0 Å². The molecule has 28 heavy (non-hydrogen) atoms. The number of hydrogen-bond donors (Lipinski definition) is 2. The second-order valence-corrected chi connectivity index (χ2v) is 7.85. The molecule has 2 fully saturated rings. The highest BCUT2D eigenvalue weighted by Gasteiger charge is 2.34. The van der Waals surface area contributed by atoms with Crippen molar-refractivity contribution < 1.29 is 14.3 Å². The van der Waals surface area contributed by atoms with Crippen molar-refractivity contribution in [3.05, 3.63) is 5.82 Å². The topological polar surface area (TPSA) is 113 Å². The van der Waals surface area contributed by atoms with Gasteiger partial charge in [0.1, 0.15) is 11.4 Å². The fraction of sp³-hybridized carbons (Fsp3) is 0.722. The summed E-state index contributed by atoms with van der Waals surface area (Å²) < 4.78 is 5.95. The minimum Gasteiger partial charge on any atom is -0.370 e. The van der Waals surface area contributed by atoms with Gasteiger partial charge in [0.2, 0.25) is 23.7 Å². The standard InChI is InChI=1S/C18H29N7O3/c1-12-21-16(24(3)4)23-17(22-12)25-7-8-28-18(2,11-25)10-20-14(26)9-13-5-6-19-15(13)27/h13H,5-11H2,1-4H3,(H,19,27)(H,20,26). The SMILES string of the molecule is Cc1nc(N(C)C)nc(N2CCOC(C)(CNC(=O)CC3CCNC3=O)C2)n1. The first-order valence-corrected chi connectivity index (χ1v) is 9.59. The number of rotatable bonds is 6. The van der Waals surface area contributed by atoms with E-state index >= 15 is 0 Å². The fourth-order valence-electron chi connectivity index (χ4n) is 3.42. The first kappa shape index (κ1) is 20.2. The molecule has 2 amide bonds. The van der Waals surface area contributed by atoms with Crippen LogP contribution >= 0.6 is 0 Å². The van der Waals surface area contributed by atoms with Gasteiger partial charge in [0.25, 0.3) is 0 Å². The molecule has 3 heterocycles. The summed E-state index contributed by atoms with van der Waals surface area (Å²) in [5.74, 6) is 1.48. The van der Waals surface area contributed by atoms with Crippen molar-refractivity contribution in [2.75, 3.05) is 56.7 Å². The average Bonchev–Trinajstić information content (AvgIpc) is 3.04. The van der Waals surface area contributed by atoms with E-state index in [0.717, 1.165) is 0 Å². The van der Waals surface area contributed by atoms with Crippen LogP contribution in [0.5, 0.6) is 0 Å². The highest BCUT2D eigenvalue weighted by molar-refractivity contribution is 5.87. The molecule has 10 nitrogen and oxygen atoms in total. The van der Waals surface area contributed by atoms with Gasteiger partial charge in [-0.3, -0.25) is 9.59 Å². The van der Waals surface area contributed by atoms with Gasteiger partial charge in [-0.05, 0) is 20.3 Å². The minimum atomic E-state index is -0.565. The summed E-state index contributed by atoms with van der Waals surface area (Å²) in [4.78, 5) is 41.1. The zero-order valence-corrected chi connectivity index (χ0v) is 17.0. The first-order valence-electron chi connectivity index (χ1n) is 9.59. The van der Waals surface area contributed by atoms with Crippen LogP contribution in [-0.2, 0) is 14.3 Å². The highest BCUT2D eigenvalue weighted by Crippen LogP contribution is 2.22. The Kier molecular flexibility index (Phi) is 5.97. The lowest BCUT2D eigenvalue weighted by molar-refractivity contribution is -0.129. The first-order chi connectivity index (χ1) is 13.3. The number of nitrogens with one attached hydrogen (secondary N) is 2. The smallest absolute Gasteiger partial charge is 0.230 e. The summed E-state index contributed by atoms with van der Waals surface area (Å²) in [6, 6.07) is 0. The van der Waals surface area contributed by atoms with Gasteiger partial charge < -0.3 is 25.2 Å². The van der Waals surface area contributed by atoms with E-state index in [1.165, 1.54) is 0 Å². The number of aryl methyl sites for hydroxylation is 1. The summed E-state index contributed by atoms with van der Waals surface area (Å²) >= 11 is 0. The van der Waals surface area contributed by atoms with Gasteiger partial charge in [-0.25, -0.2) is 0 Å². The Balaban J connectivity index is 1.60. The van der Waals surface area contributed by atoms with Crippen molar-refractivity contribution in [1.29, 1.82) is 0 Å². The van der Waals surface area contributed by atoms with Crippen LogP contribution < -0.4 is 20.4 Å². The highest BCUT2D eigenvalue weighted by atomic mass is 16.5. The summed E-state index contributed by atoms with van der Waals surface area (Å²) in [5.41, 5.74) is -0.565. The van der Waals surface area contributed by atoms with E-state index in [2.05, 4.69) is 30.5 Å². The van der Waals surface area contributed by atoms with Crippen LogP contribution in [0.25, 0.3) is 0 Å². The van der Waals surface area contributed by atoms with Crippen molar-refractivity contribution in [3.63, 3.8) is 0 Å². The zero-order valence-electron chi connectivity index (χ0n) is 17.0. The number of hydrogen-bond acceptors (Lipinski definition) is 8. The Bertz CT molecular complexity index is 742. The van der Waals surface area contributed by atoms with Gasteiger partial charge in [0, 0.05) is 46.1 Å². The Morgan fingerprint density at radius 2 is 2.18 bits per heavy atom. The lowest BCUT2D eigenvalue weighted by Crippen LogP contribution is -2.56. The van der Waals surface area contributed by atoms with Gasteiger partial charge in [-0.1, -0.05) is 0 Å². The molecule has 2 saturated heterocycles. The van der Waals surface area contributed by atoms with E-state index in [1.807, 2.05) is 32.8 Å². The number of aromatic nitrogens is 3. The van der Waals surface area contributed by atoms with E-state index in [4.69, 9.17) is 4.74 Å². The molecule has 3 rings (SSSR count). The van der Waals surface area contributed by atoms with Crippen molar-refractivity contribution in [2.45, 2.75) is 32.3 Å². The molecule has 0 aromatic carbocycles. The fourth-order valence-corrected chi connectivity index (χ4v) is 3.42. The number of ether oxygens (including phenoxy) is 1. The maximum atomic E-state index is 12.2. The van der Waals surface area contributed by atoms with E-state index < -0.39 is 5.60 Å². The largest absolute Gasteiger partial charge is 0.370 e. The number of anilines is 2. The van der Waals surface area contributed by atoms with E-state index in [0.29, 0.717) is 56.9 Å². The molecular weight excluding hydrogens is 362 g/mol. The van der Waals surface area contributed by atoms with Crippen LogP contribution in [0.2, 0.25) is 0 Å². The third-order valence-corrected chi connectivity index (χ3v) is 5.00. The predicted octanol–water partition coefficient (Wildman–Crippen LogP) is -0.516. The molecular formula is C18H29N7O3. The molecule has 2 aliphatic rings. The molecule has 0 aliphatic carbocycles. The van der Waals surface area contributed by atoms with Gasteiger partial charge in [0.05, 0.1) is 13.2 Å². The number of morpholine rings is 1. The third-order valence-electron chi connectivity index (χ3n) is 5.00. The normalized spacial score (nSPS) is 24.8.